The van der Waals surface area contributed by atoms with Crippen LogP contribution < -0.4 is 14.4 Å². The number of carbonyl (C=O) groups excluding carboxylic acids is 1. The van der Waals surface area contributed by atoms with Crippen molar-refractivity contribution in [1.82, 2.24) is 0 Å². The quantitative estimate of drug-likeness (QED) is 0.413. The zero-order valence-electron chi connectivity index (χ0n) is 17.4. The first-order valence-corrected chi connectivity index (χ1v) is 11.7. The monoisotopic (exact) mass is 532 g/mol. The van der Waals surface area contributed by atoms with Crippen molar-refractivity contribution >= 4 is 50.5 Å². The van der Waals surface area contributed by atoms with Gasteiger partial charge < -0.3 is 10.1 Å². The number of benzene rings is 3. The highest BCUT2D eigenvalue weighted by molar-refractivity contribution is 7.92. The predicted octanol–water partition coefficient (Wildman–Crippen LogP) is 5.85. The van der Waals surface area contributed by atoms with Crippen LogP contribution in [0.25, 0.3) is 0 Å². The van der Waals surface area contributed by atoms with Gasteiger partial charge in [-0.3, -0.25) is 9.10 Å². The fourth-order valence-corrected chi connectivity index (χ4v) is 4.91. The molecule has 34 heavy (non-hydrogen) atoms. The SMILES string of the molecule is COc1ccc(N(CC(=O)Nc2ccc(Cl)c(C(F)(F)F)c2)S(=O)(=O)c2ccccc2)cc1Cl. The molecule has 0 saturated heterocycles. The topological polar surface area (TPSA) is 75.7 Å². The molecule has 0 aliphatic carbocycles. The zero-order valence-corrected chi connectivity index (χ0v) is 19.8. The summed E-state index contributed by atoms with van der Waals surface area (Å²) in [5.74, 6) is -0.602. The molecule has 3 aromatic rings. The van der Waals surface area contributed by atoms with Crippen molar-refractivity contribution in [2.75, 3.05) is 23.3 Å². The maximum atomic E-state index is 13.3. The number of ether oxygens (including phenoxy) is 1. The summed E-state index contributed by atoms with van der Waals surface area (Å²) in [4.78, 5) is 12.6. The third-order valence-corrected chi connectivity index (χ3v) is 7.01. The lowest BCUT2D eigenvalue weighted by atomic mass is 10.2. The molecule has 12 heteroatoms. The molecule has 3 aromatic carbocycles. The molecule has 1 N–H and O–H groups in total. The third kappa shape index (κ3) is 5.75. The molecule has 0 bridgehead atoms. The van der Waals surface area contributed by atoms with Gasteiger partial charge in [-0.05, 0) is 48.5 Å². The minimum atomic E-state index is -4.74. The summed E-state index contributed by atoms with van der Waals surface area (Å²) in [5.41, 5.74) is -1.29. The standard InChI is InChI=1S/C22H17Cl2F3N2O4S/c1-33-20-10-8-15(12-19(20)24)29(34(31,32)16-5-3-2-4-6-16)13-21(30)28-14-7-9-18(23)17(11-14)22(25,26)27/h2-12H,13H2,1H3,(H,28,30). The van der Waals surface area contributed by atoms with Crippen molar-refractivity contribution in [2.45, 2.75) is 11.1 Å². The van der Waals surface area contributed by atoms with Crippen LogP contribution in [0.1, 0.15) is 5.56 Å². The van der Waals surface area contributed by atoms with E-state index in [9.17, 15) is 26.4 Å². The van der Waals surface area contributed by atoms with E-state index in [0.29, 0.717) is 6.07 Å². The molecular weight excluding hydrogens is 516 g/mol. The molecule has 180 valence electrons. The molecule has 0 atom stereocenters. The molecule has 0 aliphatic heterocycles. The van der Waals surface area contributed by atoms with E-state index in [2.05, 4.69) is 5.32 Å². The second kappa shape index (κ2) is 10.1. The number of amides is 1. The van der Waals surface area contributed by atoms with Crippen molar-refractivity contribution in [2.24, 2.45) is 0 Å². The number of hydrogen-bond donors (Lipinski definition) is 1. The van der Waals surface area contributed by atoms with E-state index in [0.717, 1.165) is 10.4 Å². The summed E-state index contributed by atoms with van der Waals surface area (Å²) in [5, 5.41) is 1.84. The van der Waals surface area contributed by atoms with Crippen LogP contribution in [-0.4, -0.2) is 28.0 Å². The van der Waals surface area contributed by atoms with Gasteiger partial charge in [-0.25, -0.2) is 8.42 Å². The Balaban J connectivity index is 1.96. The largest absolute Gasteiger partial charge is 0.495 e. The van der Waals surface area contributed by atoms with Gasteiger partial charge in [0.1, 0.15) is 12.3 Å². The summed E-state index contributed by atoms with van der Waals surface area (Å²) in [6.45, 7) is -0.746. The molecule has 1 amide bonds. The molecule has 3 rings (SSSR count). The van der Waals surface area contributed by atoms with E-state index in [4.69, 9.17) is 27.9 Å². The molecular formula is C22H17Cl2F3N2O4S. The van der Waals surface area contributed by atoms with E-state index in [1.54, 1.807) is 6.07 Å². The second-order valence-corrected chi connectivity index (χ2v) is 9.56. The Labute approximate surface area is 203 Å². The predicted molar refractivity (Wildman–Crippen MR) is 124 cm³/mol. The Morgan fingerprint density at radius 1 is 1.00 bits per heavy atom. The highest BCUT2D eigenvalue weighted by Crippen LogP contribution is 2.36. The van der Waals surface area contributed by atoms with E-state index in [1.165, 1.54) is 55.6 Å². The maximum Gasteiger partial charge on any atom is 0.417 e. The molecule has 0 aromatic heterocycles. The van der Waals surface area contributed by atoms with E-state index < -0.39 is 39.2 Å². The van der Waals surface area contributed by atoms with Crippen molar-refractivity contribution in [1.29, 1.82) is 0 Å². The minimum absolute atomic E-state index is 0.0527. The van der Waals surface area contributed by atoms with Gasteiger partial charge in [0.15, 0.2) is 0 Å². The lowest BCUT2D eigenvalue weighted by Gasteiger charge is -2.24. The number of halogens is 5. The average Bonchev–Trinajstić information content (AvgIpc) is 2.78. The van der Waals surface area contributed by atoms with Gasteiger partial charge in [0.25, 0.3) is 10.0 Å². The number of hydrogen-bond acceptors (Lipinski definition) is 4. The van der Waals surface area contributed by atoms with Crippen LogP contribution in [0.3, 0.4) is 0 Å². The fourth-order valence-electron chi connectivity index (χ4n) is 3.00. The number of nitrogens with one attached hydrogen (secondary N) is 1. The van der Waals surface area contributed by atoms with Gasteiger partial charge in [0.2, 0.25) is 5.91 Å². The molecule has 0 aliphatic rings. The van der Waals surface area contributed by atoms with Gasteiger partial charge in [-0.2, -0.15) is 13.2 Å². The number of alkyl halides is 3. The van der Waals surface area contributed by atoms with Crippen molar-refractivity contribution in [3.63, 3.8) is 0 Å². The van der Waals surface area contributed by atoms with Crippen molar-refractivity contribution in [3.05, 3.63) is 82.3 Å². The van der Waals surface area contributed by atoms with Crippen LogP contribution in [-0.2, 0) is 21.0 Å². The van der Waals surface area contributed by atoms with Gasteiger partial charge >= 0.3 is 6.18 Å². The summed E-state index contributed by atoms with van der Waals surface area (Å²) in [7, 11) is -2.86. The summed E-state index contributed by atoms with van der Waals surface area (Å²) in [6, 6.07) is 14.3. The highest BCUT2D eigenvalue weighted by Gasteiger charge is 2.34. The number of methoxy groups -OCH3 is 1. The average molecular weight is 533 g/mol. The van der Waals surface area contributed by atoms with Crippen LogP contribution in [0.2, 0.25) is 10.0 Å². The number of rotatable bonds is 7. The Hall–Kier alpha value is -2.95. The maximum absolute atomic E-state index is 13.3. The summed E-state index contributed by atoms with van der Waals surface area (Å²) < 4.78 is 71.9. The number of sulfonamides is 1. The van der Waals surface area contributed by atoms with Gasteiger partial charge in [-0.1, -0.05) is 41.4 Å². The highest BCUT2D eigenvalue weighted by atomic mass is 35.5. The van der Waals surface area contributed by atoms with Gasteiger partial charge in [0, 0.05) is 5.69 Å². The lowest BCUT2D eigenvalue weighted by Crippen LogP contribution is -2.38. The van der Waals surface area contributed by atoms with E-state index in [1.807, 2.05) is 0 Å². The Morgan fingerprint density at radius 2 is 1.68 bits per heavy atom. The lowest BCUT2D eigenvalue weighted by molar-refractivity contribution is -0.137. The molecule has 0 saturated carbocycles. The van der Waals surface area contributed by atoms with Crippen molar-refractivity contribution in [3.8, 4) is 5.75 Å². The fraction of sp³-hybridized carbons (Fsp3) is 0.136. The molecule has 0 radical (unpaired) electrons. The minimum Gasteiger partial charge on any atom is -0.495 e. The Kier molecular flexibility index (Phi) is 7.64. The number of carbonyl (C=O) groups is 1. The zero-order chi connectivity index (χ0) is 25.1. The van der Waals surface area contributed by atoms with Crippen LogP contribution in [0.15, 0.2) is 71.6 Å². The number of nitrogens with zero attached hydrogens (tertiary/aromatic N) is 1. The Bertz CT molecular complexity index is 1300. The van der Waals surface area contributed by atoms with E-state index in [-0.39, 0.29) is 27.0 Å². The number of anilines is 2. The van der Waals surface area contributed by atoms with Crippen LogP contribution >= 0.6 is 23.2 Å². The smallest absolute Gasteiger partial charge is 0.417 e. The second-order valence-electron chi connectivity index (χ2n) is 6.88. The molecule has 0 heterocycles. The van der Waals surface area contributed by atoms with Gasteiger partial charge in [-0.15, -0.1) is 0 Å². The first-order chi connectivity index (χ1) is 15.9. The molecule has 0 spiro atoms. The van der Waals surface area contributed by atoms with Gasteiger partial charge in [0.05, 0.1) is 33.3 Å². The first kappa shape index (κ1) is 25.7. The summed E-state index contributed by atoms with van der Waals surface area (Å²) >= 11 is 11.8. The third-order valence-electron chi connectivity index (χ3n) is 4.60. The molecule has 0 fully saturated rings. The first-order valence-electron chi connectivity index (χ1n) is 9.51. The van der Waals surface area contributed by atoms with Crippen LogP contribution in [0.4, 0.5) is 24.5 Å². The summed E-state index contributed by atoms with van der Waals surface area (Å²) in [6.07, 6.45) is -4.74. The van der Waals surface area contributed by atoms with Crippen LogP contribution in [0, 0.1) is 0 Å². The Morgan fingerprint density at radius 3 is 2.26 bits per heavy atom. The molecule has 6 nitrogen and oxygen atoms in total. The van der Waals surface area contributed by atoms with Crippen LogP contribution in [0.5, 0.6) is 5.75 Å². The van der Waals surface area contributed by atoms with E-state index >= 15 is 0 Å². The normalized spacial score (nSPS) is 11.7. The van der Waals surface area contributed by atoms with Crippen molar-refractivity contribution < 1.29 is 31.1 Å². The molecule has 0 unspecified atom stereocenters.